The molecule has 0 fully saturated rings. The molecule has 8 nitrogen and oxygen atoms in total. The van der Waals surface area contributed by atoms with Crippen LogP contribution >= 0.6 is 11.8 Å². The van der Waals surface area contributed by atoms with Crippen molar-refractivity contribution in [3.63, 3.8) is 0 Å². The molecule has 138 valence electrons. The van der Waals surface area contributed by atoms with Crippen molar-refractivity contribution in [1.29, 1.82) is 0 Å². The molecule has 26 heavy (non-hydrogen) atoms. The molecule has 0 aromatic carbocycles. The van der Waals surface area contributed by atoms with Gasteiger partial charge in [0.05, 0.1) is 5.25 Å². The van der Waals surface area contributed by atoms with Gasteiger partial charge >= 0.3 is 6.03 Å². The number of imide groups is 1. The molecule has 0 radical (unpaired) electrons. The predicted molar refractivity (Wildman–Crippen MR) is 101 cm³/mol. The summed E-state index contributed by atoms with van der Waals surface area (Å²) < 4.78 is 1.85. The summed E-state index contributed by atoms with van der Waals surface area (Å²) in [6, 6.07) is 3.14. The van der Waals surface area contributed by atoms with Crippen LogP contribution in [0.25, 0.3) is 11.4 Å². The van der Waals surface area contributed by atoms with Gasteiger partial charge in [-0.25, -0.2) is 4.79 Å². The summed E-state index contributed by atoms with van der Waals surface area (Å²) in [5.74, 6) is 0.245. The zero-order valence-corrected chi connectivity index (χ0v) is 15.8. The average Bonchev–Trinajstić information content (AvgIpc) is 2.97. The number of aromatic nitrogens is 4. The number of thioether (sulfide) groups is 1. The van der Waals surface area contributed by atoms with Crippen LogP contribution in [0.15, 0.2) is 42.3 Å². The van der Waals surface area contributed by atoms with Gasteiger partial charge in [0, 0.05) is 30.5 Å². The molecule has 2 N–H and O–H groups in total. The summed E-state index contributed by atoms with van der Waals surface area (Å²) in [6.07, 6.45) is 5.11. The number of hydrogen-bond donors (Lipinski definition) is 2. The third kappa shape index (κ3) is 5.16. The second-order valence-corrected chi connectivity index (χ2v) is 7.13. The van der Waals surface area contributed by atoms with E-state index in [1.54, 1.807) is 25.4 Å². The molecule has 0 saturated carbocycles. The van der Waals surface area contributed by atoms with E-state index in [0.717, 1.165) is 5.56 Å². The van der Waals surface area contributed by atoms with Crippen molar-refractivity contribution < 1.29 is 9.59 Å². The van der Waals surface area contributed by atoms with E-state index in [1.165, 1.54) is 11.8 Å². The number of urea groups is 1. The topological polar surface area (TPSA) is 102 Å². The van der Waals surface area contributed by atoms with E-state index in [9.17, 15) is 9.59 Å². The number of allylic oxidation sites excluding steroid dienone is 1. The lowest BCUT2D eigenvalue weighted by Crippen LogP contribution is -2.45. The lowest BCUT2D eigenvalue weighted by molar-refractivity contribution is -0.119. The SMILES string of the molecule is C=CCn1c(S[C@@H](C)C(=O)NC(=O)NC(C)C)nnc1-c1cccnc1. The summed E-state index contributed by atoms with van der Waals surface area (Å²) in [5.41, 5.74) is 0.821. The van der Waals surface area contributed by atoms with Gasteiger partial charge in [0.2, 0.25) is 5.91 Å². The Labute approximate surface area is 156 Å². The largest absolute Gasteiger partial charge is 0.336 e. The highest BCUT2D eigenvalue weighted by Gasteiger charge is 2.22. The fraction of sp³-hybridized carbons (Fsp3) is 0.353. The molecule has 0 aliphatic heterocycles. The molecule has 2 aromatic rings. The van der Waals surface area contributed by atoms with Crippen LogP contribution in [-0.2, 0) is 11.3 Å². The Kier molecular flexibility index (Phi) is 6.90. The number of carbonyl (C=O) groups is 2. The first-order valence-corrected chi connectivity index (χ1v) is 9.02. The molecule has 2 aromatic heterocycles. The van der Waals surface area contributed by atoms with Crippen molar-refractivity contribution in [2.75, 3.05) is 0 Å². The highest BCUT2D eigenvalue weighted by atomic mass is 32.2. The van der Waals surface area contributed by atoms with E-state index in [2.05, 4.69) is 32.4 Å². The summed E-state index contributed by atoms with van der Waals surface area (Å²) in [5, 5.41) is 13.4. The van der Waals surface area contributed by atoms with Gasteiger partial charge in [-0.2, -0.15) is 0 Å². The minimum absolute atomic E-state index is 0.0523. The quantitative estimate of drug-likeness (QED) is 0.569. The van der Waals surface area contributed by atoms with Gasteiger partial charge in [0.1, 0.15) is 0 Å². The van der Waals surface area contributed by atoms with E-state index in [-0.39, 0.29) is 6.04 Å². The zero-order valence-electron chi connectivity index (χ0n) is 15.0. The molecule has 2 rings (SSSR count). The zero-order chi connectivity index (χ0) is 19.1. The van der Waals surface area contributed by atoms with Crippen LogP contribution in [0.1, 0.15) is 20.8 Å². The van der Waals surface area contributed by atoms with Crippen molar-refractivity contribution >= 4 is 23.7 Å². The van der Waals surface area contributed by atoms with Crippen LogP contribution < -0.4 is 10.6 Å². The minimum atomic E-state index is -0.526. The second-order valence-electron chi connectivity index (χ2n) is 5.82. The summed E-state index contributed by atoms with van der Waals surface area (Å²) in [6.45, 7) is 9.59. The van der Waals surface area contributed by atoms with Gasteiger partial charge in [-0.05, 0) is 32.9 Å². The number of amides is 3. The first-order valence-electron chi connectivity index (χ1n) is 8.15. The maximum atomic E-state index is 12.2. The third-order valence-corrected chi connectivity index (χ3v) is 4.34. The molecule has 0 unspecified atom stereocenters. The molecule has 0 aliphatic carbocycles. The van der Waals surface area contributed by atoms with E-state index in [4.69, 9.17) is 0 Å². The number of nitrogens with zero attached hydrogens (tertiary/aromatic N) is 4. The van der Waals surface area contributed by atoms with E-state index in [1.807, 2.05) is 30.5 Å². The number of hydrogen-bond acceptors (Lipinski definition) is 6. The standard InChI is InChI=1S/C17H22N6O2S/c1-5-9-23-14(13-7-6-8-18-10-13)21-22-17(23)26-12(4)15(24)20-16(25)19-11(2)3/h5-8,10-12H,1,9H2,2-4H3,(H2,19,20,24,25)/t12-/m0/s1. The summed E-state index contributed by atoms with van der Waals surface area (Å²) in [4.78, 5) is 28.0. The van der Waals surface area contributed by atoms with Crippen LogP contribution in [0.4, 0.5) is 4.79 Å². The van der Waals surface area contributed by atoms with Gasteiger partial charge in [-0.3, -0.25) is 19.7 Å². The fourth-order valence-electron chi connectivity index (χ4n) is 2.10. The molecular weight excluding hydrogens is 352 g/mol. The van der Waals surface area contributed by atoms with Crippen molar-refractivity contribution in [2.24, 2.45) is 0 Å². The highest BCUT2D eigenvalue weighted by Crippen LogP contribution is 2.26. The Morgan fingerprint density at radius 1 is 1.35 bits per heavy atom. The van der Waals surface area contributed by atoms with Gasteiger partial charge in [0.15, 0.2) is 11.0 Å². The number of rotatable bonds is 7. The molecule has 0 aliphatic rings. The predicted octanol–water partition coefficient (Wildman–Crippen LogP) is 2.24. The monoisotopic (exact) mass is 374 g/mol. The van der Waals surface area contributed by atoms with Crippen LogP contribution in [0.5, 0.6) is 0 Å². The Morgan fingerprint density at radius 3 is 2.73 bits per heavy atom. The highest BCUT2D eigenvalue weighted by molar-refractivity contribution is 8.00. The molecule has 0 saturated heterocycles. The fourth-order valence-corrected chi connectivity index (χ4v) is 2.96. The van der Waals surface area contributed by atoms with E-state index >= 15 is 0 Å². The van der Waals surface area contributed by atoms with Crippen molar-refractivity contribution in [2.45, 2.75) is 43.8 Å². The van der Waals surface area contributed by atoms with Gasteiger partial charge in [-0.1, -0.05) is 17.8 Å². The smallest absolute Gasteiger partial charge is 0.321 e. The maximum Gasteiger partial charge on any atom is 0.321 e. The Hall–Kier alpha value is -2.68. The Bertz CT molecular complexity index is 775. The van der Waals surface area contributed by atoms with Crippen LogP contribution in [-0.4, -0.2) is 43.0 Å². The van der Waals surface area contributed by atoms with E-state index in [0.29, 0.717) is 17.5 Å². The summed E-state index contributed by atoms with van der Waals surface area (Å²) >= 11 is 1.22. The van der Waals surface area contributed by atoms with Crippen LogP contribution in [0.2, 0.25) is 0 Å². The molecule has 2 heterocycles. The van der Waals surface area contributed by atoms with Crippen LogP contribution in [0, 0.1) is 0 Å². The van der Waals surface area contributed by atoms with Crippen molar-refractivity contribution in [3.8, 4) is 11.4 Å². The third-order valence-electron chi connectivity index (χ3n) is 3.26. The second kappa shape index (κ2) is 9.14. The lowest BCUT2D eigenvalue weighted by Gasteiger charge is -2.13. The van der Waals surface area contributed by atoms with Crippen molar-refractivity contribution in [3.05, 3.63) is 37.2 Å². The molecule has 1 atom stereocenters. The number of pyridine rings is 1. The van der Waals surface area contributed by atoms with E-state index < -0.39 is 17.2 Å². The molecule has 3 amide bonds. The molecule has 9 heteroatoms. The molecule has 0 spiro atoms. The van der Waals surface area contributed by atoms with Gasteiger partial charge in [-0.15, -0.1) is 16.8 Å². The summed E-state index contributed by atoms with van der Waals surface area (Å²) in [7, 11) is 0. The number of nitrogens with one attached hydrogen (secondary N) is 2. The molecular formula is C17H22N6O2S. The minimum Gasteiger partial charge on any atom is -0.336 e. The maximum absolute atomic E-state index is 12.2. The van der Waals surface area contributed by atoms with Crippen LogP contribution in [0.3, 0.4) is 0 Å². The first kappa shape index (κ1) is 19.6. The first-order chi connectivity index (χ1) is 12.4. The van der Waals surface area contributed by atoms with Crippen molar-refractivity contribution in [1.82, 2.24) is 30.4 Å². The normalized spacial score (nSPS) is 11.8. The Balaban J connectivity index is 2.13. The number of carbonyl (C=O) groups excluding carboxylic acids is 2. The van der Waals surface area contributed by atoms with Gasteiger partial charge in [0.25, 0.3) is 0 Å². The van der Waals surface area contributed by atoms with Gasteiger partial charge < -0.3 is 5.32 Å². The molecule has 0 bridgehead atoms. The average molecular weight is 374 g/mol. The Morgan fingerprint density at radius 2 is 2.12 bits per heavy atom. The lowest BCUT2D eigenvalue weighted by atomic mass is 10.3.